The Balaban J connectivity index is 3.89. The van der Waals surface area contributed by atoms with Crippen molar-refractivity contribution in [1.82, 2.24) is 10.2 Å². The van der Waals surface area contributed by atoms with Crippen LogP contribution in [0.5, 0.6) is 0 Å². The van der Waals surface area contributed by atoms with Gasteiger partial charge in [-0.2, -0.15) is 0 Å². The van der Waals surface area contributed by atoms with Crippen molar-refractivity contribution in [3.63, 3.8) is 0 Å². The summed E-state index contributed by atoms with van der Waals surface area (Å²) in [6.45, 7) is 6.41. The topological polar surface area (TPSA) is 32.3 Å². The molecule has 0 saturated carbocycles. The molecule has 0 saturated heterocycles. The van der Waals surface area contributed by atoms with E-state index in [1.54, 1.807) is 0 Å². The van der Waals surface area contributed by atoms with Crippen molar-refractivity contribution >= 4 is 5.91 Å². The molecule has 3 heteroatoms. The molecule has 0 atom stereocenters. The van der Waals surface area contributed by atoms with Crippen LogP contribution in [0, 0.1) is 0 Å². The first-order chi connectivity index (χ1) is 4.83. The van der Waals surface area contributed by atoms with Crippen molar-refractivity contribution in [2.75, 3.05) is 20.6 Å². The van der Waals surface area contributed by atoms with Crippen LogP contribution in [0.1, 0.15) is 20.8 Å². The summed E-state index contributed by atoms with van der Waals surface area (Å²) in [5, 5.41) is 2.87. The summed E-state index contributed by atoms with van der Waals surface area (Å²) in [6, 6.07) is 0. The summed E-state index contributed by atoms with van der Waals surface area (Å²) >= 11 is 0. The molecule has 0 spiro atoms. The van der Waals surface area contributed by atoms with Crippen LogP contribution < -0.4 is 5.32 Å². The predicted octanol–water partition coefficient (Wildman–Crippen LogP) is 0.463. The fourth-order valence-corrected chi connectivity index (χ4v) is 1.31. The van der Waals surface area contributed by atoms with Crippen molar-refractivity contribution in [1.29, 1.82) is 0 Å². The highest BCUT2D eigenvalue weighted by atomic mass is 16.1. The first-order valence-electron chi connectivity index (χ1n) is 3.77. The van der Waals surface area contributed by atoms with Crippen LogP contribution in [0.3, 0.4) is 0 Å². The normalized spacial score (nSPS) is 11.8. The number of nitrogens with one attached hydrogen (secondary N) is 1. The van der Waals surface area contributed by atoms with Gasteiger partial charge in [-0.05, 0) is 27.9 Å². The fourth-order valence-electron chi connectivity index (χ4n) is 1.31. The van der Waals surface area contributed by atoms with Crippen molar-refractivity contribution < 1.29 is 4.79 Å². The van der Waals surface area contributed by atoms with Crippen LogP contribution in [0.15, 0.2) is 0 Å². The minimum Gasteiger partial charge on any atom is -0.350 e. The first-order valence-corrected chi connectivity index (χ1v) is 3.77. The third-order valence-electron chi connectivity index (χ3n) is 1.23. The average molecular weight is 158 g/mol. The number of hydrogen-bond donors (Lipinski definition) is 1. The highest BCUT2D eigenvalue weighted by molar-refractivity contribution is 5.73. The van der Waals surface area contributed by atoms with Crippen molar-refractivity contribution in [2.45, 2.75) is 26.3 Å². The van der Waals surface area contributed by atoms with Gasteiger partial charge < -0.3 is 10.2 Å². The van der Waals surface area contributed by atoms with Crippen LogP contribution >= 0.6 is 0 Å². The second-order valence-electron chi connectivity index (χ2n) is 3.80. The summed E-state index contributed by atoms with van der Waals surface area (Å²) in [5.74, 6) is 0.0249. The number of likely N-dealkylation sites (N-methyl/N-ethyl adjacent to an activating group) is 1. The molecular formula is C8H18N2O. The molecular weight excluding hydrogens is 140 g/mol. The number of amides is 1. The summed E-state index contributed by atoms with van der Waals surface area (Å²) in [4.78, 5) is 12.8. The van der Waals surface area contributed by atoms with E-state index in [-0.39, 0.29) is 11.4 Å². The summed E-state index contributed by atoms with van der Waals surface area (Å²) in [5.41, 5.74) is -0.130. The molecule has 0 aliphatic rings. The Morgan fingerprint density at radius 2 is 1.91 bits per heavy atom. The van der Waals surface area contributed by atoms with Gasteiger partial charge in [-0.1, -0.05) is 0 Å². The molecule has 1 N–H and O–H groups in total. The largest absolute Gasteiger partial charge is 0.350 e. The standard InChI is InChI=1S/C8H18N2O/c1-7(11)9-8(2,3)6-10(4)5/h6H2,1-5H3,(H,9,11). The molecule has 0 aromatic carbocycles. The molecule has 1 amide bonds. The number of rotatable bonds is 3. The van der Waals surface area contributed by atoms with Gasteiger partial charge in [0.2, 0.25) is 5.91 Å². The molecule has 0 fully saturated rings. The average Bonchev–Trinajstić information content (AvgIpc) is 1.53. The van der Waals surface area contributed by atoms with E-state index in [2.05, 4.69) is 10.2 Å². The number of carbonyl (C=O) groups excluding carboxylic acids is 1. The van der Waals surface area contributed by atoms with E-state index < -0.39 is 0 Å². The second kappa shape index (κ2) is 3.72. The van der Waals surface area contributed by atoms with Gasteiger partial charge >= 0.3 is 0 Å². The quantitative estimate of drug-likeness (QED) is 0.647. The third-order valence-corrected chi connectivity index (χ3v) is 1.23. The maximum absolute atomic E-state index is 10.7. The van der Waals surface area contributed by atoms with E-state index in [0.717, 1.165) is 6.54 Å². The van der Waals surface area contributed by atoms with Gasteiger partial charge in [0.25, 0.3) is 0 Å². The maximum atomic E-state index is 10.7. The van der Waals surface area contributed by atoms with E-state index in [1.807, 2.05) is 27.9 Å². The van der Waals surface area contributed by atoms with Crippen molar-refractivity contribution in [3.05, 3.63) is 0 Å². The molecule has 11 heavy (non-hydrogen) atoms. The van der Waals surface area contributed by atoms with E-state index in [9.17, 15) is 4.79 Å². The zero-order valence-corrected chi connectivity index (χ0v) is 8.06. The molecule has 0 rings (SSSR count). The minimum absolute atomic E-state index is 0.0249. The zero-order valence-electron chi connectivity index (χ0n) is 8.06. The molecule has 0 aliphatic carbocycles. The Bertz CT molecular complexity index is 141. The Morgan fingerprint density at radius 3 is 2.18 bits per heavy atom. The third kappa shape index (κ3) is 5.85. The Hall–Kier alpha value is -0.570. The van der Waals surface area contributed by atoms with E-state index in [1.165, 1.54) is 6.92 Å². The van der Waals surface area contributed by atoms with Gasteiger partial charge in [0.1, 0.15) is 0 Å². The van der Waals surface area contributed by atoms with E-state index >= 15 is 0 Å². The Kier molecular flexibility index (Phi) is 3.52. The lowest BCUT2D eigenvalue weighted by molar-refractivity contribution is -0.120. The first kappa shape index (κ1) is 10.4. The molecule has 0 radical (unpaired) electrons. The highest BCUT2D eigenvalue weighted by Gasteiger charge is 2.18. The van der Waals surface area contributed by atoms with Gasteiger partial charge in [-0.3, -0.25) is 4.79 Å². The lowest BCUT2D eigenvalue weighted by Crippen LogP contribution is -2.49. The van der Waals surface area contributed by atoms with Gasteiger partial charge in [0.15, 0.2) is 0 Å². The van der Waals surface area contributed by atoms with Crippen LogP contribution in [-0.2, 0) is 4.79 Å². The molecule has 0 aliphatic heterocycles. The van der Waals surface area contributed by atoms with E-state index in [0.29, 0.717) is 0 Å². The Morgan fingerprint density at radius 1 is 1.45 bits per heavy atom. The fraction of sp³-hybridized carbons (Fsp3) is 0.875. The predicted molar refractivity (Wildman–Crippen MR) is 46.4 cm³/mol. The van der Waals surface area contributed by atoms with Crippen LogP contribution in [0.2, 0.25) is 0 Å². The number of carbonyl (C=O) groups is 1. The summed E-state index contributed by atoms with van der Waals surface area (Å²) in [6.07, 6.45) is 0. The van der Waals surface area contributed by atoms with Gasteiger partial charge in [0, 0.05) is 19.0 Å². The van der Waals surface area contributed by atoms with Gasteiger partial charge in [-0.15, -0.1) is 0 Å². The van der Waals surface area contributed by atoms with Crippen molar-refractivity contribution in [3.8, 4) is 0 Å². The number of hydrogen-bond acceptors (Lipinski definition) is 2. The van der Waals surface area contributed by atoms with Crippen LogP contribution in [0.4, 0.5) is 0 Å². The Labute approximate surface area is 68.8 Å². The molecule has 0 bridgehead atoms. The van der Waals surface area contributed by atoms with Crippen LogP contribution in [-0.4, -0.2) is 37.0 Å². The molecule has 3 nitrogen and oxygen atoms in total. The monoisotopic (exact) mass is 158 g/mol. The molecule has 0 aromatic heterocycles. The maximum Gasteiger partial charge on any atom is 0.217 e. The van der Waals surface area contributed by atoms with Crippen molar-refractivity contribution in [2.24, 2.45) is 0 Å². The summed E-state index contributed by atoms with van der Waals surface area (Å²) < 4.78 is 0. The SMILES string of the molecule is CC(=O)NC(C)(C)CN(C)C. The lowest BCUT2D eigenvalue weighted by atomic mass is 10.1. The lowest BCUT2D eigenvalue weighted by Gasteiger charge is -2.28. The van der Waals surface area contributed by atoms with Crippen LogP contribution in [0.25, 0.3) is 0 Å². The van der Waals surface area contributed by atoms with Gasteiger partial charge in [-0.25, -0.2) is 0 Å². The second-order valence-corrected chi connectivity index (χ2v) is 3.80. The highest BCUT2D eigenvalue weighted by Crippen LogP contribution is 2.02. The van der Waals surface area contributed by atoms with Gasteiger partial charge in [0.05, 0.1) is 0 Å². The smallest absolute Gasteiger partial charge is 0.217 e. The number of nitrogens with zero attached hydrogens (tertiary/aromatic N) is 1. The molecule has 0 unspecified atom stereocenters. The molecule has 66 valence electrons. The van der Waals surface area contributed by atoms with E-state index in [4.69, 9.17) is 0 Å². The molecule has 0 aromatic rings. The minimum atomic E-state index is -0.130. The zero-order chi connectivity index (χ0) is 9.07. The molecule has 0 heterocycles. The summed E-state index contributed by atoms with van der Waals surface area (Å²) in [7, 11) is 3.98.